The summed E-state index contributed by atoms with van der Waals surface area (Å²) in [7, 11) is 0. The van der Waals surface area contributed by atoms with E-state index in [2.05, 4.69) is 6.58 Å². The van der Waals surface area contributed by atoms with Crippen molar-refractivity contribution < 1.29 is 29.1 Å². The number of rotatable bonds is 0. The van der Waals surface area contributed by atoms with Crippen LogP contribution in [0, 0.1) is 0 Å². The maximum atomic E-state index is 8.89. The van der Waals surface area contributed by atoms with Crippen molar-refractivity contribution in [1.29, 1.82) is 0 Å². The monoisotopic (exact) mass is 66.0 g/mol. The molecule has 0 spiro atoms. The molecule has 0 fully saturated rings. The van der Waals surface area contributed by atoms with E-state index >= 15 is 0 Å². The third kappa shape index (κ3) is 3770. The molecule has 0 aliphatic rings. The molecule has 2 nitrogen and oxygen atoms in total. The molecule has 24 valence electrons. The largest absolute Gasteiger partial charge is 1.00 e. The quantitative estimate of drug-likeness (QED) is 0.234. The molecule has 0 atom stereocenters. The molecule has 0 radical (unpaired) electrons. The zero-order valence-corrected chi connectivity index (χ0v) is 3.06. The van der Waals surface area contributed by atoms with Crippen molar-refractivity contribution in [2.24, 2.45) is 0 Å². The van der Waals surface area contributed by atoms with Crippen LogP contribution in [0.15, 0.2) is 12.5 Å². The first kappa shape index (κ1) is 8.87. The normalized spacial score (nSPS) is 4.80. The van der Waals surface area contributed by atoms with Crippen LogP contribution in [0.5, 0.6) is 0 Å². The Kier molecular flexibility index (Phi) is 6.99. The summed E-state index contributed by atoms with van der Waals surface area (Å²) in [5.74, 6) is -1.08. The fraction of sp³-hybridized carbons (Fsp3) is 0. The van der Waals surface area contributed by atoms with E-state index in [0.29, 0.717) is 0 Å². The maximum absolute atomic E-state index is 8.89. The topological polar surface area (TPSA) is 43.3 Å². The maximum Gasteiger partial charge on any atom is 1.00 e. The van der Waals surface area contributed by atoms with Crippen molar-refractivity contribution in [3.05, 3.63) is 12.5 Å². The predicted molar refractivity (Wildman–Crippen MR) is 11.8 cm³/mol. The molecule has 0 aromatic carbocycles. The second-order valence-electron chi connectivity index (χ2n) is 0.394. The van der Waals surface area contributed by atoms with Crippen LogP contribution in [-0.4, -0.2) is 5.11 Å². The van der Waals surface area contributed by atoms with E-state index in [1.54, 1.807) is 0 Å². The van der Waals surface area contributed by atoms with Gasteiger partial charge >= 0.3 is 18.9 Å². The summed E-state index contributed by atoms with van der Waals surface area (Å²) in [5.41, 5.74) is 0. The van der Waals surface area contributed by atoms with Crippen LogP contribution in [0.2, 0.25) is 0 Å². The fourth-order valence-electron chi connectivity index (χ4n) is 0. The molecule has 0 aromatic rings. The molecule has 3 heteroatoms. The van der Waals surface area contributed by atoms with Crippen molar-refractivity contribution >= 4 is 0 Å². The molecular weight excluding hydrogens is 63.0 g/mol. The van der Waals surface area contributed by atoms with Crippen LogP contribution in [0.4, 0.5) is 0 Å². The average Bonchev–Trinajstić information content (AvgIpc) is 0.811. The Morgan fingerprint density at radius 2 is 1.80 bits per heavy atom. The molecule has 0 rings (SSSR count). The molecule has 1 N–H and O–H groups in total. The van der Waals surface area contributed by atoms with Crippen LogP contribution in [0.1, 0.15) is 0 Å². The van der Waals surface area contributed by atoms with E-state index < -0.39 is 5.95 Å². The van der Waals surface area contributed by atoms with Gasteiger partial charge in [-0.1, -0.05) is 6.58 Å². The molecule has 0 saturated carbocycles. The van der Waals surface area contributed by atoms with Gasteiger partial charge in [0.05, 0.1) is 0 Å². The second-order valence-corrected chi connectivity index (χ2v) is 0.394. The van der Waals surface area contributed by atoms with E-state index in [1.807, 2.05) is 0 Å². The van der Waals surface area contributed by atoms with Gasteiger partial charge in [0.15, 0.2) is 0 Å². The molecular formula is C2H3LiO2. The smallest absolute Gasteiger partial charge is 0.630 e. The summed E-state index contributed by atoms with van der Waals surface area (Å²) in [6, 6.07) is 0. The van der Waals surface area contributed by atoms with Crippen LogP contribution in [0.3, 0.4) is 0 Å². The Hall–Kier alpha value is -0.0626. The van der Waals surface area contributed by atoms with Gasteiger partial charge in [-0.05, 0) is 0 Å². The van der Waals surface area contributed by atoms with Crippen molar-refractivity contribution in [3.63, 3.8) is 0 Å². The van der Waals surface area contributed by atoms with Gasteiger partial charge in [-0.15, -0.1) is 0 Å². The molecule has 0 bridgehead atoms. The molecule has 0 heterocycles. The summed E-state index contributed by atoms with van der Waals surface area (Å²) < 4.78 is 0. The molecule has 0 aromatic heterocycles. The zero-order chi connectivity index (χ0) is 3.58. The predicted octanol–water partition coefficient (Wildman–Crippen LogP) is -3.62. The number of hydrogen-bond donors (Lipinski definition) is 1. The van der Waals surface area contributed by atoms with Crippen molar-refractivity contribution in [1.82, 2.24) is 0 Å². The number of aliphatic hydroxyl groups is 1. The van der Waals surface area contributed by atoms with Gasteiger partial charge in [-0.2, -0.15) is 0 Å². The van der Waals surface area contributed by atoms with Gasteiger partial charge in [-0.3, -0.25) is 0 Å². The summed E-state index contributed by atoms with van der Waals surface area (Å²) in [6.07, 6.45) is 0. The Morgan fingerprint density at radius 3 is 1.80 bits per heavy atom. The van der Waals surface area contributed by atoms with E-state index in [9.17, 15) is 0 Å². The first-order valence-corrected chi connectivity index (χ1v) is 0.781. The number of hydrogen-bond acceptors (Lipinski definition) is 2. The molecule has 0 saturated heterocycles. The third-order valence-electron chi connectivity index (χ3n) is 0. The average molecular weight is 66.0 g/mol. The van der Waals surface area contributed by atoms with Gasteiger partial charge in [-0.25, -0.2) is 0 Å². The minimum atomic E-state index is -1.08. The van der Waals surface area contributed by atoms with E-state index in [0.717, 1.165) is 0 Å². The van der Waals surface area contributed by atoms with E-state index in [-0.39, 0.29) is 18.9 Å². The van der Waals surface area contributed by atoms with E-state index in [1.165, 1.54) is 0 Å². The van der Waals surface area contributed by atoms with Crippen LogP contribution in [0.25, 0.3) is 0 Å². The summed E-state index contributed by atoms with van der Waals surface area (Å²) in [6.45, 7) is 2.56. The van der Waals surface area contributed by atoms with Crippen molar-refractivity contribution in [2.75, 3.05) is 0 Å². The molecule has 0 aliphatic heterocycles. The molecule has 0 unspecified atom stereocenters. The fourth-order valence-corrected chi connectivity index (χ4v) is 0. The molecule has 0 amide bonds. The first-order chi connectivity index (χ1) is 1.73. The summed E-state index contributed by atoms with van der Waals surface area (Å²) in [4.78, 5) is 0. The Bertz CT molecular complexity index is 30.6. The second kappa shape index (κ2) is 3.94. The Morgan fingerprint density at radius 1 is 1.80 bits per heavy atom. The SMILES string of the molecule is C=C([O-])O.[Li+]. The first-order valence-electron chi connectivity index (χ1n) is 0.781. The minimum Gasteiger partial charge on any atom is -0.630 e. The van der Waals surface area contributed by atoms with Crippen molar-refractivity contribution in [3.8, 4) is 0 Å². The summed E-state index contributed by atoms with van der Waals surface area (Å²) in [5, 5.41) is 16.2. The minimum absolute atomic E-state index is 0. The molecule has 5 heavy (non-hydrogen) atoms. The summed E-state index contributed by atoms with van der Waals surface area (Å²) >= 11 is 0. The molecule has 0 aliphatic carbocycles. The standard InChI is InChI=1S/C2H4O2.Li/c1-2(3)4;/h3-4H,1H2;/q;+1/p-1. The van der Waals surface area contributed by atoms with Crippen LogP contribution >= 0.6 is 0 Å². The number of aliphatic hydroxyl groups excluding tert-OH is 1. The van der Waals surface area contributed by atoms with Gasteiger partial charge in [0, 0.05) is 5.95 Å². The Balaban J connectivity index is 0. The van der Waals surface area contributed by atoms with Gasteiger partial charge in [0.25, 0.3) is 0 Å². The third-order valence-corrected chi connectivity index (χ3v) is 0. The van der Waals surface area contributed by atoms with Crippen LogP contribution < -0.4 is 24.0 Å². The van der Waals surface area contributed by atoms with Gasteiger partial charge in [0.2, 0.25) is 0 Å². The Labute approximate surface area is 42.3 Å². The zero-order valence-electron chi connectivity index (χ0n) is 3.06. The van der Waals surface area contributed by atoms with Gasteiger partial charge < -0.3 is 10.2 Å². The van der Waals surface area contributed by atoms with Crippen molar-refractivity contribution in [2.45, 2.75) is 0 Å². The van der Waals surface area contributed by atoms with Gasteiger partial charge in [0.1, 0.15) is 0 Å². The van der Waals surface area contributed by atoms with E-state index in [4.69, 9.17) is 10.2 Å². The van der Waals surface area contributed by atoms with Crippen LogP contribution in [-0.2, 0) is 0 Å².